The number of carbonyl (C=O) groups is 1. The third kappa shape index (κ3) is 4.03. The molecule has 0 radical (unpaired) electrons. The SMILES string of the molecule is Cl.O=C(Nc1cccnc1Cl)N[C@@H]1CCNC1. The van der Waals surface area contributed by atoms with Crippen molar-refractivity contribution in [2.24, 2.45) is 0 Å². The first-order valence-electron chi connectivity index (χ1n) is 5.14. The lowest BCUT2D eigenvalue weighted by Gasteiger charge is -2.12. The molecule has 2 amide bonds. The lowest BCUT2D eigenvalue weighted by atomic mass is 10.3. The number of carbonyl (C=O) groups excluding carboxylic acids is 1. The van der Waals surface area contributed by atoms with E-state index >= 15 is 0 Å². The van der Waals surface area contributed by atoms with Crippen LogP contribution in [0.3, 0.4) is 0 Å². The summed E-state index contributed by atoms with van der Waals surface area (Å²) in [5, 5.41) is 8.99. The van der Waals surface area contributed by atoms with Crippen LogP contribution in [-0.2, 0) is 0 Å². The lowest BCUT2D eigenvalue weighted by Crippen LogP contribution is -2.39. The van der Waals surface area contributed by atoms with Gasteiger partial charge in [0.25, 0.3) is 0 Å². The zero-order valence-corrected chi connectivity index (χ0v) is 10.6. The molecule has 7 heteroatoms. The van der Waals surface area contributed by atoms with Gasteiger partial charge in [-0.15, -0.1) is 12.4 Å². The van der Waals surface area contributed by atoms with Gasteiger partial charge in [-0.05, 0) is 25.1 Å². The zero-order valence-electron chi connectivity index (χ0n) is 9.07. The minimum atomic E-state index is -0.247. The average Bonchev–Trinajstić information content (AvgIpc) is 2.74. The molecular weight excluding hydrogens is 263 g/mol. The minimum Gasteiger partial charge on any atom is -0.334 e. The third-order valence-corrected chi connectivity index (χ3v) is 2.70. The summed E-state index contributed by atoms with van der Waals surface area (Å²) in [6.45, 7) is 1.76. The highest BCUT2D eigenvalue weighted by Crippen LogP contribution is 2.17. The molecule has 0 bridgehead atoms. The molecule has 2 rings (SSSR count). The quantitative estimate of drug-likeness (QED) is 0.720. The second-order valence-electron chi connectivity index (χ2n) is 3.63. The number of nitrogens with zero attached hydrogens (tertiary/aromatic N) is 1. The molecule has 94 valence electrons. The van der Waals surface area contributed by atoms with Crippen LogP contribution in [0.15, 0.2) is 18.3 Å². The van der Waals surface area contributed by atoms with Gasteiger partial charge in [0, 0.05) is 18.8 Å². The number of aromatic nitrogens is 1. The van der Waals surface area contributed by atoms with Crippen LogP contribution in [0.25, 0.3) is 0 Å². The van der Waals surface area contributed by atoms with E-state index < -0.39 is 0 Å². The van der Waals surface area contributed by atoms with Crippen LogP contribution in [0.1, 0.15) is 6.42 Å². The van der Waals surface area contributed by atoms with E-state index in [1.54, 1.807) is 18.3 Å². The van der Waals surface area contributed by atoms with Crippen molar-refractivity contribution in [3.8, 4) is 0 Å². The standard InChI is InChI=1S/C10H13ClN4O.ClH/c11-9-8(2-1-4-13-9)15-10(16)14-7-3-5-12-6-7;/h1-2,4,7,12H,3,5-6H2,(H2,14,15,16);1H/t7-;/m1./s1. The van der Waals surface area contributed by atoms with Crippen LogP contribution in [0.5, 0.6) is 0 Å². The summed E-state index contributed by atoms with van der Waals surface area (Å²) < 4.78 is 0. The van der Waals surface area contributed by atoms with Gasteiger partial charge in [0.1, 0.15) is 0 Å². The average molecular weight is 277 g/mol. The fraction of sp³-hybridized carbons (Fsp3) is 0.400. The van der Waals surface area contributed by atoms with E-state index in [0.717, 1.165) is 19.5 Å². The molecule has 0 saturated carbocycles. The predicted molar refractivity (Wildman–Crippen MR) is 69.9 cm³/mol. The molecule has 1 aromatic rings. The van der Waals surface area contributed by atoms with E-state index in [1.807, 2.05) is 0 Å². The zero-order chi connectivity index (χ0) is 11.4. The molecule has 1 aliphatic heterocycles. The van der Waals surface area contributed by atoms with Gasteiger partial charge in [0.05, 0.1) is 5.69 Å². The van der Waals surface area contributed by atoms with Crippen LogP contribution in [-0.4, -0.2) is 30.1 Å². The van der Waals surface area contributed by atoms with E-state index in [4.69, 9.17) is 11.6 Å². The smallest absolute Gasteiger partial charge is 0.319 e. The maximum atomic E-state index is 11.6. The summed E-state index contributed by atoms with van der Waals surface area (Å²) in [4.78, 5) is 15.5. The fourth-order valence-corrected chi connectivity index (χ4v) is 1.77. The second kappa shape index (κ2) is 6.64. The number of anilines is 1. The van der Waals surface area contributed by atoms with Crippen molar-refractivity contribution in [2.45, 2.75) is 12.5 Å². The minimum absolute atomic E-state index is 0. The van der Waals surface area contributed by atoms with Gasteiger partial charge in [-0.3, -0.25) is 0 Å². The molecule has 1 aromatic heterocycles. The van der Waals surface area contributed by atoms with Crippen molar-refractivity contribution in [1.29, 1.82) is 0 Å². The first-order valence-corrected chi connectivity index (χ1v) is 5.52. The Labute approximate surface area is 111 Å². The Morgan fingerprint density at radius 1 is 1.59 bits per heavy atom. The molecule has 5 nitrogen and oxygen atoms in total. The van der Waals surface area contributed by atoms with E-state index in [9.17, 15) is 4.79 Å². The first kappa shape index (κ1) is 14.0. The molecular formula is C10H14Cl2N4O. The first-order chi connectivity index (χ1) is 7.75. The van der Waals surface area contributed by atoms with Gasteiger partial charge >= 0.3 is 6.03 Å². The Morgan fingerprint density at radius 2 is 2.41 bits per heavy atom. The lowest BCUT2D eigenvalue weighted by molar-refractivity contribution is 0.249. The number of hydrogen-bond acceptors (Lipinski definition) is 3. The molecule has 1 saturated heterocycles. The van der Waals surface area contributed by atoms with E-state index in [-0.39, 0.29) is 24.5 Å². The summed E-state index contributed by atoms with van der Waals surface area (Å²) in [6, 6.07) is 3.37. The van der Waals surface area contributed by atoms with E-state index in [0.29, 0.717) is 10.8 Å². The molecule has 0 unspecified atom stereocenters. The highest BCUT2D eigenvalue weighted by Gasteiger charge is 2.16. The van der Waals surface area contributed by atoms with Crippen LogP contribution in [0.2, 0.25) is 5.15 Å². The Balaban J connectivity index is 0.00000144. The van der Waals surface area contributed by atoms with Crippen molar-refractivity contribution >= 4 is 35.7 Å². The Morgan fingerprint density at radius 3 is 3.06 bits per heavy atom. The number of amides is 2. The number of pyridine rings is 1. The van der Waals surface area contributed by atoms with Crippen LogP contribution < -0.4 is 16.0 Å². The largest absolute Gasteiger partial charge is 0.334 e. The summed E-state index contributed by atoms with van der Waals surface area (Å²) in [5.74, 6) is 0. The highest BCUT2D eigenvalue weighted by atomic mass is 35.5. The van der Waals surface area contributed by atoms with Gasteiger partial charge in [-0.2, -0.15) is 0 Å². The third-order valence-electron chi connectivity index (χ3n) is 2.40. The normalized spacial score (nSPS) is 18.3. The van der Waals surface area contributed by atoms with E-state index in [1.165, 1.54) is 0 Å². The molecule has 0 aromatic carbocycles. The Kier molecular flexibility index (Phi) is 5.47. The number of hydrogen-bond donors (Lipinski definition) is 3. The molecule has 1 atom stereocenters. The van der Waals surface area contributed by atoms with Gasteiger partial charge < -0.3 is 16.0 Å². The van der Waals surface area contributed by atoms with Gasteiger partial charge in [-0.25, -0.2) is 9.78 Å². The van der Waals surface area contributed by atoms with Gasteiger partial charge in [0.15, 0.2) is 5.15 Å². The van der Waals surface area contributed by atoms with Gasteiger partial charge in [0.2, 0.25) is 0 Å². The van der Waals surface area contributed by atoms with Crippen LogP contribution in [0, 0.1) is 0 Å². The summed E-state index contributed by atoms with van der Waals surface area (Å²) in [7, 11) is 0. The molecule has 1 fully saturated rings. The van der Waals surface area contributed by atoms with Crippen LogP contribution >= 0.6 is 24.0 Å². The molecule has 3 N–H and O–H groups in total. The molecule has 2 heterocycles. The predicted octanol–water partition coefficient (Wildman–Crippen LogP) is 1.64. The molecule has 0 spiro atoms. The number of halogens is 2. The Bertz CT molecular complexity index is 382. The van der Waals surface area contributed by atoms with Crippen molar-refractivity contribution < 1.29 is 4.79 Å². The van der Waals surface area contributed by atoms with Crippen molar-refractivity contribution in [3.05, 3.63) is 23.5 Å². The summed E-state index contributed by atoms with van der Waals surface area (Å²) in [6.07, 6.45) is 2.53. The van der Waals surface area contributed by atoms with Crippen molar-refractivity contribution in [1.82, 2.24) is 15.6 Å². The second-order valence-corrected chi connectivity index (χ2v) is 3.99. The molecule has 17 heavy (non-hydrogen) atoms. The maximum Gasteiger partial charge on any atom is 0.319 e. The fourth-order valence-electron chi connectivity index (χ4n) is 1.60. The maximum absolute atomic E-state index is 11.6. The van der Waals surface area contributed by atoms with Gasteiger partial charge in [-0.1, -0.05) is 11.6 Å². The summed E-state index contributed by atoms with van der Waals surface area (Å²) in [5.41, 5.74) is 0.521. The highest BCUT2D eigenvalue weighted by molar-refractivity contribution is 6.32. The topological polar surface area (TPSA) is 66.0 Å². The molecule has 1 aliphatic rings. The summed E-state index contributed by atoms with van der Waals surface area (Å²) >= 11 is 5.82. The van der Waals surface area contributed by atoms with Crippen molar-refractivity contribution in [3.63, 3.8) is 0 Å². The van der Waals surface area contributed by atoms with Crippen molar-refractivity contribution in [2.75, 3.05) is 18.4 Å². The molecule has 0 aliphatic carbocycles. The number of urea groups is 1. The Hall–Kier alpha value is -1.04. The van der Waals surface area contributed by atoms with Crippen LogP contribution in [0.4, 0.5) is 10.5 Å². The number of nitrogens with one attached hydrogen (secondary N) is 3. The van der Waals surface area contributed by atoms with E-state index in [2.05, 4.69) is 20.9 Å². The monoisotopic (exact) mass is 276 g/mol. The number of rotatable bonds is 2.